The van der Waals surface area contributed by atoms with E-state index in [-0.39, 0.29) is 0 Å². The molecule has 0 unspecified atom stereocenters. The molecule has 1 aromatic heterocycles. The normalized spacial score (nSPS) is 11.2. The van der Waals surface area contributed by atoms with Crippen LogP contribution in [0.5, 0.6) is 5.75 Å². The molecule has 132 valence electrons. The fraction of sp³-hybridized carbons (Fsp3) is 0.300. The molecule has 0 fully saturated rings. The van der Waals surface area contributed by atoms with Gasteiger partial charge in [-0.25, -0.2) is 0 Å². The van der Waals surface area contributed by atoms with Crippen molar-refractivity contribution in [1.29, 1.82) is 0 Å². The number of H-pyrrole nitrogens is 1. The predicted octanol–water partition coefficient (Wildman–Crippen LogP) is 5.93. The second-order valence-corrected chi connectivity index (χ2v) is 7.28. The van der Waals surface area contributed by atoms with Gasteiger partial charge in [0.25, 0.3) is 0 Å². The van der Waals surface area contributed by atoms with Crippen LogP contribution in [0.25, 0.3) is 22.2 Å². The second-order valence-electron chi connectivity index (χ2n) is 5.99. The highest BCUT2D eigenvalue weighted by Gasteiger charge is 2.15. The van der Waals surface area contributed by atoms with Crippen molar-refractivity contribution in [3.05, 3.63) is 51.5 Å². The highest BCUT2D eigenvalue weighted by atomic mass is 79.9. The van der Waals surface area contributed by atoms with Crippen molar-refractivity contribution in [2.75, 3.05) is 13.2 Å². The highest BCUT2D eigenvalue weighted by molar-refractivity contribution is 9.10. The first-order valence-corrected chi connectivity index (χ1v) is 9.74. The number of aromatic amines is 1. The van der Waals surface area contributed by atoms with E-state index in [1.54, 1.807) is 0 Å². The quantitative estimate of drug-likeness (QED) is 0.464. The topological polar surface area (TPSA) is 51.0 Å². The standard InChI is InChI=1S/C20H22BrClN2O/c1-2-25-15-8-6-13(7-9-15)19-16(5-3-4-10-23)17-11-14(22)12-18(21)20(17)24-19/h6-9,11-12,24H,2-5,10,23H2,1H3. The van der Waals surface area contributed by atoms with Crippen molar-refractivity contribution >= 4 is 38.4 Å². The van der Waals surface area contributed by atoms with E-state index in [9.17, 15) is 0 Å². The Morgan fingerprint density at radius 3 is 2.60 bits per heavy atom. The molecule has 0 spiro atoms. The van der Waals surface area contributed by atoms with Gasteiger partial charge in [0.05, 0.1) is 12.1 Å². The molecule has 0 radical (unpaired) electrons. The molecule has 0 aliphatic rings. The number of aromatic nitrogens is 1. The summed E-state index contributed by atoms with van der Waals surface area (Å²) in [6, 6.07) is 12.2. The maximum atomic E-state index is 6.29. The van der Waals surface area contributed by atoms with E-state index in [1.165, 1.54) is 10.9 Å². The highest BCUT2D eigenvalue weighted by Crippen LogP contribution is 2.37. The number of hydrogen-bond donors (Lipinski definition) is 2. The van der Waals surface area contributed by atoms with E-state index >= 15 is 0 Å². The van der Waals surface area contributed by atoms with Crippen LogP contribution in [0.4, 0.5) is 0 Å². The molecule has 3 aromatic rings. The number of aryl methyl sites for hydroxylation is 1. The molecule has 0 aliphatic carbocycles. The zero-order valence-electron chi connectivity index (χ0n) is 14.2. The third kappa shape index (κ3) is 4.02. The SMILES string of the molecule is CCOc1ccc(-c2[nH]c3c(Br)cc(Cl)cc3c2CCCCN)cc1. The minimum atomic E-state index is 0.668. The Bertz CT molecular complexity index is 858. The van der Waals surface area contributed by atoms with Crippen LogP contribution in [0.15, 0.2) is 40.9 Å². The molecule has 0 saturated carbocycles. The van der Waals surface area contributed by atoms with Gasteiger partial charge in [0.15, 0.2) is 0 Å². The Morgan fingerprint density at radius 2 is 1.92 bits per heavy atom. The van der Waals surface area contributed by atoms with E-state index in [0.717, 1.165) is 51.3 Å². The molecule has 3 nitrogen and oxygen atoms in total. The summed E-state index contributed by atoms with van der Waals surface area (Å²) >= 11 is 9.91. The van der Waals surface area contributed by atoms with Crippen molar-refractivity contribution in [2.45, 2.75) is 26.2 Å². The average molecular weight is 422 g/mol. The molecule has 1 heterocycles. The lowest BCUT2D eigenvalue weighted by Gasteiger charge is -2.07. The molecule has 3 rings (SSSR count). The molecule has 0 aliphatic heterocycles. The van der Waals surface area contributed by atoms with Crippen LogP contribution in [-0.2, 0) is 6.42 Å². The van der Waals surface area contributed by atoms with Gasteiger partial charge in [0.2, 0.25) is 0 Å². The monoisotopic (exact) mass is 420 g/mol. The number of halogens is 2. The number of rotatable bonds is 7. The van der Waals surface area contributed by atoms with Crippen LogP contribution < -0.4 is 10.5 Å². The van der Waals surface area contributed by atoms with Gasteiger partial charge in [0.1, 0.15) is 5.75 Å². The first kappa shape index (κ1) is 18.3. The molecule has 2 aromatic carbocycles. The molecular formula is C20H22BrClN2O. The van der Waals surface area contributed by atoms with Crippen molar-refractivity contribution in [1.82, 2.24) is 4.98 Å². The molecule has 0 saturated heterocycles. The molecular weight excluding hydrogens is 400 g/mol. The Morgan fingerprint density at radius 1 is 1.16 bits per heavy atom. The first-order valence-electron chi connectivity index (χ1n) is 8.57. The number of ether oxygens (including phenoxy) is 1. The summed E-state index contributed by atoms with van der Waals surface area (Å²) in [6.07, 6.45) is 3.03. The largest absolute Gasteiger partial charge is 0.494 e. The molecule has 5 heteroatoms. The van der Waals surface area contributed by atoms with Gasteiger partial charge in [-0.2, -0.15) is 0 Å². The lowest BCUT2D eigenvalue weighted by Crippen LogP contribution is -1.99. The first-order chi connectivity index (χ1) is 12.1. The summed E-state index contributed by atoms with van der Waals surface area (Å²) in [5.41, 5.74) is 10.3. The van der Waals surface area contributed by atoms with Gasteiger partial charge in [-0.15, -0.1) is 0 Å². The van der Waals surface area contributed by atoms with Gasteiger partial charge in [0, 0.05) is 20.6 Å². The van der Waals surface area contributed by atoms with E-state index < -0.39 is 0 Å². The van der Waals surface area contributed by atoms with Crippen molar-refractivity contribution in [3.8, 4) is 17.0 Å². The van der Waals surface area contributed by atoms with Crippen LogP contribution >= 0.6 is 27.5 Å². The minimum Gasteiger partial charge on any atom is -0.494 e. The van der Waals surface area contributed by atoms with Crippen molar-refractivity contribution < 1.29 is 4.74 Å². The number of hydrogen-bond acceptors (Lipinski definition) is 2. The summed E-state index contributed by atoms with van der Waals surface area (Å²) in [7, 11) is 0. The Hall–Kier alpha value is -1.49. The molecule has 25 heavy (non-hydrogen) atoms. The zero-order chi connectivity index (χ0) is 17.8. The number of nitrogens with one attached hydrogen (secondary N) is 1. The Labute approximate surface area is 161 Å². The fourth-order valence-corrected chi connectivity index (χ4v) is 4.02. The van der Waals surface area contributed by atoms with Crippen LogP contribution in [0, 0.1) is 0 Å². The summed E-state index contributed by atoms with van der Waals surface area (Å²) in [5, 5.41) is 1.90. The number of nitrogens with two attached hydrogens (primary N) is 1. The number of benzene rings is 2. The number of fused-ring (bicyclic) bond motifs is 1. The Kier molecular flexibility index (Phi) is 6.05. The third-order valence-electron chi connectivity index (χ3n) is 4.27. The summed E-state index contributed by atoms with van der Waals surface area (Å²) < 4.78 is 6.53. The molecule has 0 bridgehead atoms. The Balaban J connectivity index is 2.08. The molecule has 3 N–H and O–H groups in total. The lowest BCUT2D eigenvalue weighted by molar-refractivity contribution is 0.340. The minimum absolute atomic E-state index is 0.668. The van der Waals surface area contributed by atoms with Gasteiger partial charge in [-0.3, -0.25) is 0 Å². The fourth-order valence-electron chi connectivity index (χ4n) is 3.11. The third-order valence-corrected chi connectivity index (χ3v) is 5.11. The van der Waals surface area contributed by atoms with Gasteiger partial charge in [-0.1, -0.05) is 11.6 Å². The van der Waals surface area contributed by atoms with Crippen LogP contribution in [0.3, 0.4) is 0 Å². The predicted molar refractivity (Wildman–Crippen MR) is 110 cm³/mol. The van der Waals surface area contributed by atoms with Gasteiger partial charge in [-0.05, 0) is 96.2 Å². The van der Waals surface area contributed by atoms with E-state index in [0.29, 0.717) is 13.2 Å². The van der Waals surface area contributed by atoms with E-state index in [1.807, 2.05) is 31.2 Å². The van der Waals surface area contributed by atoms with Crippen molar-refractivity contribution in [3.63, 3.8) is 0 Å². The maximum Gasteiger partial charge on any atom is 0.119 e. The van der Waals surface area contributed by atoms with Crippen molar-refractivity contribution in [2.24, 2.45) is 5.73 Å². The summed E-state index contributed by atoms with van der Waals surface area (Å²) in [4.78, 5) is 3.58. The number of unbranched alkanes of at least 4 members (excludes halogenated alkanes) is 1. The van der Waals surface area contributed by atoms with Crippen LogP contribution in [0.2, 0.25) is 5.02 Å². The van der Waals surface area contributed by atoms with Gasteiger partial charge < -0.3 is 15.5 Å². The van der Waals surface area contributed by atoms with Crippen LogP contribution in [-0.4, -0.2) is 18.1 Å². The smallest absolute Gasteiger partial charge is 0.119 e. The molecule has 0 amide bonds. The molecule has 0 atom stereocenters. The van der Waals surface area contributed by atoms with Gasteiger partial charge >= 0.3 is 0 Å². The van der Waals surface area contributed by atoms with Crippen LogP contribution in [0.1, 0.15) is 25.3 Å². The van der Waals surface area contributed by atoms with E-state index in [2.05, 4.69) is 33.0 Å². The summed E-state index contributed by atoms with van der Waals surface area (Å²) in [5.74, 6) is 0.885. The maximum absolute atomic E-state index is 6.29. The summed E-state index contributed by atoms with van der Waals surface area (Å²) in [6.45, 7) is 3.37. The average Bonchev–Trinajstić information content (AvgIpc) is 2.95. The second kappa shape index (κ2) is 8.26. The van der Waals surface area contributed by atoms with E-state index in [4.69, 9.17) is 22.1 Å². The zero-order valence-corrected chi connectivity index (χ0v) is 16.6. The lowest BCUT2D eigenvalue weighted by atomic mass is 10.0.